The lowest BCUT2D eigenvalue weighted by atomic mass is 10.2. The maximum atomic E-state index is 13.5. The van der Waals surface area contributed by atoms with E-state index in [-0.39, 0.29) is 29.3 Å². The Labute approximate surface area is 123 Å². The summed E-state index contributed by atoms with van der Waals surface area (Å²) in [5.41, 5.74) is -0.414. The maximum absolute atomic E-state index is 13.5. The number of hydrogen-bond acceptors (Lipinski definition) is 6. The Morgan fingerprint density at radius 2 is 2.09 bits per heavy atom. The van der Waals surface area contributed by atoms with Gasteiger partial charge in [-0.05, 0) is 12.1 Å². The lowest BCUT2D eigenvalue weighted by Crippen LogP contribution is -2.12. The molecule has 6 nitrogen and oxygen atoms in total. The Morgan fingerprint density at radius 1 is 1.32 bits per heavy atom. The number of hydrogen-bond donors (Lipinski definition) is 0. The van der Waals surface area contributed by atoms with Crippen LogP contribution in [0.2, 0.25) is 0 Å². The van der Waals surface area contributed by atoms with Gasteiger partial charge in [-0.25, -0.2) is 23.5 Å². The van der Waals surface area contributed by atoms with Crippen LogP contribution in [0.3, 0.4) is 0 Å². The molecule has 8 heteroatoms. The molecule has 1 aromatic carbocycles. The number of esters is 1. The molecule has 114 valence electrons. The first kappa shape index (κ1) is 15.5. The predicted octanol–water partition coefficient (Wildman–Crippen LogP) is 1.93. The molecule has 0 bridgehead atoms. The zero-order valence-corrected chi connectivity index (χ0v) is 11.4. The van der Waals surface area contributed by atoms with Crippen molar-refractivity contribution in [1.82, 2.24) is 9.97 Å². The van der Waals surface area contributed by atoms with Gasteiger partial charge in [0.05, 0.1) is 7.11 Å². The number of methoxy groups -OCH3 is 1. The molecule has 0 radical (unpaired) electrons. The normalized spacial score (nSPS) is 10.1. The fourth-order valence-corrected chi connectivity index (χ4v) is 1.66. The molecule has 0 aliphatic heterocycles. The number of nitrogens with zero attached hydrogens (tertiary/aromatic N) is 2. The summed E-state index contributed by atoms with van der Waals surface area (Å²) in [5.74, 6) is -2.61. The Kier molecular flexibility index (Phi) is 4.72. The van der Waals surface area contributed by atoms with Crippen molar-refractivity contribution in [3.8, 4) is 5.88 Å². The third-order valence-electron chi connectivity index (χ3n) is 2.72. The molecule has 1 heterocycles. The van der Waals surface area contributed by atoms with Gasteiger partial charge in [0.25, 0.3) is 0 Å². The zero-order valence-electron chi connectivity index (χ0n) is 11.4. The van der Waals surface area contributed by atoms with Crippen molar-refractivity contribution in [3.05, 3.63) is 53.0 Å². The largest absolute Gasteiger partial charge is 0.472 e. The van der Waals surface area contributed by atoms with Gasteiger partial charge in [0.2, 0.25) is 5.88 Å². The number of aldehydes is 1. The highest BCUT2D eigenvalue weighted by Crippen LogP contribution is 2.20. The third kappa shape index (κ3) is 3.22. The number of carbonyl (C=O) groups excluding carboxylic acids is 2. The first-order valence-corrected chi connectivity index (χ1v) is 6.02. The van der Waals surface area contributed by atoms with Crippen molar-refractivity contribution < 1.29 is 27.8 Å². The number of rotatable bonds is 5. The summed E-state index contributed by atoms with van der Waals surface area (Å²) in [4.78, 5) is 29.9. The number of aromatic nitrogens is 2. The van der Waals surface area contributed by atoms with Crippen LogP contribution in [0.4, 0.5) is 8.78 Å². The van der Waals surface area contributed by atoms with Crippen LogP contribution in [-0.4, -0.2) is 29.3 Å². The van der Waals surface area contributed by atoms with E-state index in [1.54, 1.807) is 0 Å². The number of halogens is 2. The lowest BCUT2D eigenvalue weighted by molar-refractivity contribution is 0.0591. The minimum atomic E-state index is -0.864. The highest BCUT2D eigenvalue weighted by Gasteiger charge is 2.21. The Bertz CT molecular complexity index is 722. The molecule has 0 aliphatic rings. The Balaban J connectivity index is 2.29. The van der Waals surface area contributed by atoms with Crippen molar-refractivity contribution >= 4 is 12.3 Å². The summed E-state index contributed by atoms with van der Waals surface area (Å²) in [6.07, 6.45) is 1.37. The number of carbonyl (C=O) groups is 2. The number of benzene rings is 1. The van der Waals surface area contributed by atoms with E-state index in [0.717, 1.165) is 19.5 Å². The van der Waals surface area contributed by atoms with Crippen LogP contribution in [0.25, 0.3) is 0 Å². The summed E-state index contributed by atoms with van der Waals surface area (Å²) >= 11 is 0. The van der Waals surface area contributed by atoms with Crippen molar-refractivity contribution in [1.29, 1.82) is 0 Å². The van der Waals surface area contributed by atoms with Gasteiger partial charge in [-0.3, -0.25) is 4.79 Å². The predicted molar refractivity (Wildman–Crippen MR) is 69.4 cm³/mol. The van der Waals surface area contributed by atoms with Gasteiger partial charge in [0, 0.05) is 11.6 Å². The van der Waals surface area contributed by atoms with Gasteiger partial charge in [-0.1, -0.05) is 0 Å². The van der Waals surface area contributed by atoms with E-state index < -0.39 is 17.6 Å². The smallest absolute Gasteiger partial charge is 0.345 e. The van der Waals surface area contributed by atoms with E-state index in [1.165, 1.54) is 6.07 Å². The van der Waals surface area contributed by atoms with Crippen molar-refractivity contribution in [2.24, 2.45) is 0 Å². The SMILES string of the molecule is COC(=O)c1c(C=O)ncnc1OCc1ccc(F)cc1F. The van der Waals surface area contributed by atoms with Gasteiger partial charge in [0.15, 0.2) is 11.8 Å². The van der Waals surface area contributed by atoms with E-state index in [0.29, 0.717) is 12.4 Å². The van der Waals surface area contributed by atoms with Crippen molar-refractivity contribution in [2.75, 3.05) is 7.11 Å². The summed E-state index contributed by atoms with van der Waals surface area (Å²) in [7, 11) is 1.12. The van der Waals surface area contributed by atoms with E-state index in [4.69, 9.17) is 4.74 Å². The molecule has 1 aromatic heterocycles. The van der Waals surface area contributed by atoms with Crippen LogP contribution in [0.1, 0.15) is 26.4 Å². The highest BCUT2D eigenvalue weighted by molar-refractivity contribution is 5.98. The van der Waals surface area contributed by atoms with Crippen LogP contribution in [0.5, 0.6) is 5.88 Å². The molecule has 0 saturated heterocycles. The maximum Gasteiger partial charge on any atom is 0.345 e. The standard InChI is InChI=1S/C14H10F2N2O4/c1-21-14(20)12-11(5-19)17-7-18-13(12)22-6-8-2-3-9(15)4-10(8)16/h2-5,7H,6H2,1H3. The second-order valence-corrected chi connectivity index (χ2v) is 4.07. The topological polar surface area (TPSA) is 78.4 Å². The van der Waals surface area contributed by atoms with E-state index >= 15 is 0 Å². The Hall–Kier alpha value is -2.90. The van der Waals surface area contributed by atoms with Crippen LogP contribution in [0.15, 0.2) is 24.5 Å². The van der Waals surface area contributed by atoms with Gasteiger partial charge < -0.3 is 9.47 Å². The van der Waals surface area contributed by atoms with Crippen LogP contribution in [0, 0.1) is 11.6 Å². The van der Waals surface area contributed by atoms with E-state index in [2.05, 4.69) is 14.7 Å². The molecule has 0 saturated carbocycles. The van der Waals surface area contributed by atoms with Gasteiger partial charge in [-0.2, -0.15) is 0 Å². The zero-order chi connectivity index (χ0) is 16.1. The molecule has 0 N–H and O–H groups in total. The molecule has 0 amide bonds. The fourth-order valence-electron chi connectivity index (χ4n) is 1.66. The Morgan fingerprint density at radius 3 is 2.73 bits per heavy atom. The van der Waals surface area contributed by atoms with Crippen LogP contribution in [-0.2, 0) is 11.3 Å². The molecule has 0 aliphatic carbocycles. The lowest BCUT2D eigenvalue weighted by Gasteiger charge is -2.10. The summed E-state index contributed by atoms with van der Waals surface area (Å²) in [6, 6.07) is 2.97. The first-order chi connectivity index (χ1) is 10.6. The summed E-state index contributed by atoms with van der Waals surface area (Å²) in [5, 5.41) is 0. The minimum Gasteiger partial charge on any atom is -0.472 e. The molecule has 0 atom stereocenters. The average Bonchev–Trinajstić information content (AvgIpc) is 2.52. The van der Waals surface area contributed by atoms with Crippen LogP contribution >= 0.6 is 0 Å². The molecule has 2 rings (SSSR count). The van der Waals surface area contributed by atoms with E-state index in [1.807, 2.05) is 0 Å². The van der Waals surface area contributed by atoms with Gasteiger partial charge in [-0.15, -0.1) is 0 Å². The molecule has 2 aromatic rings. The molecule has 22 heavy (non-hydrogen) atoms. The number of ether oxygens (including phenoxy) is 2. The second-order valence-electron chi connectivity index (χ2n) is 4.07. The molecule has 0 unspecified atom stereocenters. The first-order valence-electron chi connectivity index (χ1n) is 6.02. The summed E-state index contributed by atoms with van der Waals surface area (Å²) in [6.45, 7) is -0.314. The second kappa shape index (κ2) is 6.70. The highest BCUT2D eigenvalue weighted by atomic mass is 19.1. The monoisotopic (exact) mass is 308 g/mol. The van der Waals surface area contributed by atoms with Gasteiger partial charge >= 0.3 is 5.97 Å². The molecule has 0 fully saturated rings. The molecular formula is C14H10F2N2O4. The third-order valence-corrected chi connectivity index (χ3v) is 2.72. The van der Waals surface area contributed by atoms with Crippen molar-refractivity contribution in [3.63, 3.8) is 0 Å². The molecular weight excluding hydrogens is 298 g/mol. The molecule has 0 spiro atoms. The van der Waals surface area contributed by atoms with Crippen molar-refractivity contribution in [2.45, 2.75) is 6.61 Å². The van der Waals surface area contributed by atoms with Crippen LogP contribution < -0.4 is 4.74 Å². The average molecular weight is 308 g/mol. The minimum absolute atomic E-state index is 0.0588. The summed E-state index contributed by atoms with van der Waals surface area (Å²) < 4.78 is 36.1. The van der Waals surface area contributed by atoms with Gasteiger partial charge in [0.1, 0.15) is 30.3 Å². The fraction of sp³-hybridized carbons (Fsp3) is 0.143. The quantitative estimate of drug-likeness (QED) is 0.620. The van der Waals surface area contributed by atoms with E-state index in [9.17, 15) is 18.4 Å².